The first kappa shape index (κ1) is 6.27. The van der Waals surface area contributed by atoms with Gasteiger partial charge < -0.3 is 5.41 Å². The van der Waals surface area contributed by atoms with Gasteiger partial charge in [0, 0.05) is 12.4 Å². The summed E-state index contributed by atoms with van der Waals surface area (Å²) in [5.74, 6) is 0. The van der Waals surface area contributed by atoms with E-state index in [1.165, 1.54) is 6.92 Å². The largest absolute Gasteiger partial charge is 0.307 e. The minimum absolute atomic E-state index is 0.941. The van der Waals surface area contributed by atoms with Gasteiger partial charge in [-0.15, -0.1) is 0 Å². The number of halogens is 1. The lowest BCUT2D eigenvalue weighted by atomic mass is 10.7. The average Bonchev–Trinajstić information content (AvgIpc) is 1.61. The van der Waals surface area contributed by atoms with Crippen LogP contribution in [-0.4, -0.2) is 18.7 Å². The van der Waals surface area contributed by atoms with E-state index in [2.05, 4.69) is 4.99 Å². The van der Waals surface area contributed by atoms with Gasteiger partial charge in [0.25, 0.3) is 0 Å². The van der Waals surface area contributed by atoms with Crippen molar-refractivity contribution in [3.05, 3.63) is 0 Å². The van der Waals surface area contributed by atoms with Crippen molar-refractivity contribution in [3.8, 4) is 0 Å². The van der Waals surface area contributed by atoms with Crippen LogP contribution in [0.3, 0.4) is 0 Å². The molecule has 1 atom stereocenters. The van der Waals surface area contributed by atoms with Crippen LogP contribution < -0.4 is 0 Å². The molecule has 0 heterocycles. The molecule has 40 valence electrons. The molecule has 0 aromatic rings. The quantitative estimate of drug-likeness (QED) is 0.399. The highest BCUT2D eigenvalue weighted by Gasteiger charge is 1.83. The first-order chi connectivity index (χ1) is 3.27. The van der Waals surface area contributed by atoms with Crippen LogP contribution in [0, 0.1) is 5.41 Å². The molecule has 0 radical (unpaired) electrons. The maximum Gasteiger partial charge on any atom is 0.187 e. The highest BCUT2D eigenvalue weighted by atomic mass is 19.1. The van der Waals surface area contributed by atoms with Crippen LogP contribution in [0.2, 0.25) is 0 Å². The maximum absolute atomic E-state index is 11.6. The van der Waals surface area contributed by atoms with Crippen molar-refractivity contribution in [2.24, 2.45) is 4.99 Å². The van der Waals surface area contributed by atoms with Crippen LogP contribution in [0.1, 0.15) is 6.92 Å². The van der Waals surface area contributed by atoms with Crippen LogP contribution in [0.5, 0.6) is 0 Å². The molecule has 2 nitrogen and oxygen atoms in total. The van der Waals surface area contributed by atoms with Crippen molar-refractivity contribution in [1.29, 1.82) is 5.41 Å². The van der Waals surface area contributed by atoms with E-state index < -0.39 is 6.30 Å². The monoisotopic (exact) mass is 102 g/mol. The van der Waals surface area contributed by atoms with Crippen molar-refractivity contribution in [2.45, 2.75) is 13.2 Å². The average molecular weight is 102 g/mol. The van der Waals surface area contributed by atoms with Crippen LogP contribution in [-0.2, 0) is 0 Å². The molecule has 0 fully saturated rings. The number of nitrogens with zero attached hydrogens (tertiary/aromatic N) is 1. The molecule has 0 bridgehead atoms. The van der Waals surface area contributed by atoms with E-state index in [4.69, 9.17) is 5.41 Å². The van der Waals surface area contributed by atoms with Gasteiger partial charge >= 0.3 is 0 Å². The zero-order valence-electron chi connectivity index (χ0n) is 4.06. The molecular formula is C4H7FN2. The fourth-order valence-electron chi connectivity index (χ4n) is 0.162. The number of aliphatic imine (C=N–C) groups is 1. The minimum atomic E-state index is -1.18. The Bertz CT molecular complexity index is 77.8. The summed E-state index contributed by atoms with van der Waals surface area (Å²) < 4.78 is 11.6. The summed E-state index contributed by atoms with van der Waals surface area (Å²) in [7, 11) is 0. The van der Waals surface area contributed by atoms with Crippen molar-refractivity contribution in [3.63, 3.8) is 0 Å². The molecule has 0 aliphatic heterocycles. The lowest BCUT2D eigenvalue weighted by Crippen LogP contribution is -1.85. The van der Waals surface area contributed by atoms with E-state index in [0.29, 0.717) is 0 Å². The summed E-state index contributed by atoms with van der Waals surface area (Å²) in [4.78, 5) is 3.21. The number of hydrogen-bond acceptors (Lipinski definition) is 2. The second kappa shape index (κ2) is 3.46. The lowest BCUT2D eigenvalue weighted by Gasteiger charge is -1.83. The Morgan fingerprint density at radius 2 is 2.43 bits per heavy atom. The topological polar surface area (TPSA) is 36.2 Å². The van der Waals surface area contributed by atoms with E-state index in [9.17, 15) is 4.39 Å². The lowest BCUT2D eigenvalue weighted by molar-refractivity contribution is 0.378. The summed E-state index contributed by atoms with van der Waals surface area (Å²) >= 11 is 0. The molecule has 0 saturated heterocycles. The zero-order valence-corrected chi connectivity index (χ0v) is 4.06. The predicted octanol–water partition coefficient (Wildman–Crippen LogP) is 1.02. The van der Waals surface area contributed by atoms with Gasteiger partial charge in [-0.05, 0) is 6.92 Å². The first-order valence-corrected chi connectivity index (χ1v) is 1.93. The van der Waals surface area contributed by atoms with Gasteiger partial charge in [-0.1, -0.05) is 0 Å². The molecular weight excluding hydrogens is 95.1 g/mol. The SMILES string of the molecule is CC(F)/N=C\C=N. The third-order valence-electron chi connectivity index (χ3n) is 0.366. The highest BCUT2D eigenvalue weighted by Crippen LogP contribution is 1.84. The number of nitrogens with one attached hydrogen (secondary N) is 1. The van der Waals surface area contributed by atoms with Gasteiger partial charge in [-0.25, -0.2) is 4.39 Å². The van der Waals surface area contributed by atoms with E-state index >= 15 is 0 Å². The van der Waals surface area contributed by atoms with Crippen molar-refractivity contribution < 1.29 is 4.39 Å². The molecule has 0 spiro atoms. The Morgan fingerprint density at radius 1 is 1.86 bits per heavy atom. The van der Waals surface area contributed by atoms with E-state index in [1.807, 2.05) is 0 Å². The standard InChI is InChI=1S/C4H7FN2/c1-4(5)7-3-2-6/h2-4,6H,1H3/b6-2?,7-3-. The fraction of sp³-hybridized carbons (Fsp3) is 0.500. The molecule has 7 heavy (non-hydrogen) atoms. The third kappa shape index (κ3) is 5.27. The Balaban J connectivity index is 3.25. The van der Waals surface area contributed by atoms with Crippen molar-refractivity contribution >= 4 is 12.4 Å². The molecule has 3 heteroatoms. The Morgan fingerprint density at radius 3 is 2.57 bits per heavy atom. The summed E-state index contributed by atoms with van der Waals surface area (Å²) in [6, 6.07) is 0. The fourth-order valence-corrected chi connectivity index (χ4v) is 0.162. The summed E-state index contributed by atoms with van der Waals surface area (Å²) in [6.45, 7) is 1.31. The molecule has 0 aromatic carbocycles. The van der Waals surface area contributed by atoms with Crippen LogP contribution in [0.15, 0.2) is 4.99 Å². The Labute approximate surface area is 41.6 Å². The number of rotatable bonds is 2. The van der Waals surface area contributed by atoms with Gasteiger partial charge in [0.2, 0.25) is 0 Å². The minimum Gasteiger partial charge on any atom is -0.307 e. The molecule has 1 unspecified atom stereocenters. The van der Waals surface area contributed by atoms with Crippen LogP contribution >= 0.6 is 0 Å². The third-order valence-corrected chi connectivity index (χ3v) is 0.366. The van der Waals surface area contributed by atoms with Gasteiger partial charge in [0.15, 0.2) is 6.30 Å². The number of hydrogen-bond donors (Lipinski definition) is 1. The van der Waals surface area contributed by atoms with Gasteiger partial charge in [-0.3, -0.25) is 4.99 Å². The van der Waals surface area contributed by atoms with Gasteiger partial charge in [0.1, 0.15) is 0 Å². The predicted molar refractivity (Wildman–Crippen MR) is 27.8 cm³/mol. The van der Waals surface area contributed by atoms with E-state index in [0.717, 1.165) is 12.4 Å². The van der Waals surface area contributed by atoms with Crippen molar-refractivity contribution in [1.82, 2.24) is 0 Å². The van der Waals surface area contributed by atoms with Crippen LogP contribution in [0.25, 0.3) is 0 Å². The molecule has 0 rings (SSSR count). The van der Waals surface area contributed by atoms with Crippen LogP contribution in [0.4, 0.5) is 4.39 Å². The second-order valence-corrected chi connectivity index (χ2v) is 1.04. The molecule has 1 N–H and O–H groups in total. The summed E-state index contributed by atoms with van der Waals surface area (Å²) in [5.41, 5.74) is 0. The summed E-state index contributed by atoms with van der Waals surface area (Å²) in [6.07, 6.45) is 0.877. The van der Waals surface area contributed by atoms with E-state index in [-0.39, 0.29) is 0 Å². The highest BCUT2D eigenvalue weighted by molar-refractivity contribution is 6.14. The second-order valence-electron chi connectivity index (χ2n) is 1.04. The Hall–Kier alpha value is -0.730. The first-order valence-electron chi connectivity index (χ1n) is 1.93. The molecule has 0 amide bonds. The zero-order chi connectivity index (χ0) is 5.70. The van der Waals surface area contributed by atoms with Crippen molar-refractivity contribution in [2.75, 3.05) is 0 Å². The van der Waals surface area contributed by atoms with E-state index in [1.54, 1.807) is 0 Å². The molecule has 0 saturated carbocycles. The smallest absolute Gasteiger partial charge is 0.187 e. The molecule has 0 aliphatic rings. The number of alkyl halides is 1. The summed E-state index contributed by atoms with van der Waals surface area (Å²) in [5, 5.41) is 6.36. The molecule has 0 aromatic heterocycles. The normalized spacial score (nSPS) is 14.6. The molecule has 0 aliphatic carbocycles. The van der Waals surface area contributed by atoms with Gasteiger partial charge in [0.05, 0.1) is 0 Å². The van der Waals surface area contributed by atoms with Gasteiger partial charge in [-0.2, -0.15) is 0 Å². The Kier molecular flexibility index (Phi) is 3.10. The maximum atomic E-state index is 11.6.